The summed E-state index contributed by atoms with van der Waals surface area (Å²) in [6.07, 6.45) is 13.9. The molecule has 4 heteroatoms. The maximum atomic E-state index is 6.09. The second-order valence-corrected chi connectivity index (χ2v) is 13.9. The Morgan fingerprint density at radius 1 is 0.288 bits per heavy atom. The Morgan fingerprint density at radius 2 is 0.519 bits per heavy atom. The van der Waals surface area contributed by atoms with Crippen LogP contribution in [0.25, 0.3) is 43.1 Å². The maximum absolute atomic E-state index is 6.09. The van der Waals surface area contributed by atoms with Crippen molar-refractivity contribution in [2.75, 3.05) is 26.4 Å². The largest absolute Gasteiger partial charge is 0.490 e. The lowest BCUT2D eigenvalue weighted by Gasteiger charge is -2.15. The lowest BCUT2D eigenvalue weighted by atomic mass is 10.0. The van der Waals surface area contributed by atoms with Crippen LogP contribution in [0.1, 0.15) is 105 Å². The van der Waals surface area contributed by atoms with Gasteiger partial charge in [0.25, 0.3) is 0 Å². The van der Waals surface area contributed by atoms with Crippen LogP contribution in [0.4, 0.5) is 0 Å². The summed E-state index contributed by atoms with van der Waals surface area (Å²) in [6.45, 7) is 11.8. The molecule has 0 unspecified atom stereocenters. The van der Waals surface area contributed by atoms with Crippen LogP contribution < -0.4 is 18.9 Å². The molecule has 6 aromatic rings. The van der Waals surface area contributed by atoms with Crippen molar-refractivity contribution in [3.05, 3.63) is 97.1 Å². The first kappa shape index (κ1) is 38.8. The van der Waals surface area contributed by atoms with Gasteiger partial charge in [-0.05, 0) is 117 Å². The van der Waals surface area contributed by atoms with Crippen molar-refractivity contribution in [1.29, 1.82) is 0 Å². The first-order chi connectivity index (χ1) is 25.6. The first-order valence-corrected chi connectivity index (χ1v) is 20.1. The van der Waals surface area contributed by atoms with E-state index < -0.39 is 0 Å². The molecular formula is C48H60O4. The zero-order valence-corrected chi connectivity index (χ0v) is 32.2. The Bertz CT molecular complexity index is 1680. The van der Waals surface area contributed by atoms with Gasteiger partial charge in [-0.3, -0.25) is 0 Å². The van der Waals surface area contributed by atoms with Crippen molar-refractivity contribution >= 4 is 43.1 Å². The fourth-order valence-corrected chi connectivity index (χ4v) is 6.49. The molecule has 0 aromatic heterocycles. The van der Waals surface area contributed by atoms with E-state index in [9.17, 15) is 0 Å². The van der Waals surface area contributed by atoms with Crippen LogP contribution in [0.3, 0.4) is 0 Å². The minimum absolute atomic E-state index is 0.748. The van der Waals surface area contributed by atoms with Gasteiger partial charge >= 0.3 is 0 Å². The van der Waals surface area contributed by atoms with Crippen molar-refractivity contribution in [3.8, 4) is 23.0 Å². The molecule has 0 radical (unpaired) electrons. The molecule has 0 atom stereocenters. The third-order valence-corrected chi connectivity index (χ3v) is 9.56. The van der Waals surface area contributed by atoms with Gasteiger partial charge in [0, 0.05) is 0 Å². The van der Waals surface area contributed by atoms with Gasteiger partial charge in [0.05, 0.1) is 26.4 Å². The molecule has 6 aromatic carbocycles. The molecule has 52 heavy (non-hydrogen) atoms. The highest BCUT2D eigenvalue weighted by molar-refractivity contribution is 6.00. The highest BCUT2D eigenvalue weighted by Gasteiger charge is 2.11. The number of benzene rings is 6. The Labute approximate surface area is 312 Å². The fraction of sp³-hybridized carbons (Fsp3) is 0.417. The van der Waals surface area contributed by atoms with Gasteiger partial charge in [-0.1, -0.05) is 128 Å². The topological polar surface area (TPSA) is 36.9 Å². The molecule has 0 fully saturated rings. The summed E-state index contributed by atoms with van der Waals surface area (Å²) >= 11 is 0. The van der Waals surface area contributed by atoms with Gasteiger partial charge in [0.15, 0.2) is 23.0 Å². The molecule has 6 rings (SSSR count). The van der Waals surface area contributed by atoms with Crippen LogP contribution in [-0.2, 0) is 0 Å². The second kappa shape index (κ2) is 21.2. The number of unbranched alkanes of at least 4 members (excludes halogenated alkanes) is 8. The minimum atomic E-state index is 0.748. The summed E-state index contributed by atoms with van der Waals surface area (Å²) in [5.74, 6) is 3.50. The molecule has 4 nitrogen and oxygen atoms in total. The summed E-state index contributed by atoms with van der Waals surface area (Å²) < 4.78 is 24.4. The second-order valence-electron chi connectivity index (χ2n) is 13.9. The average Bonchev–Trinajstić information content (AvgIpc) is 3.17. The normalized spacial score (nSPS) is 11.2. The third kappa shape index (κ3) is 11.3. The van der Waals surface area contributed by atoms with E-state index in [1.165, 1.54) is 94.5 Å². The molecule has 0 aliphatic carbocycles. The number of rotatable bonds is 20. The van der Waals surface area contributed by atoms with Gasteiger partial charge < -0.3 is 18.9 Å². The van der Waals surface area contributed by atoms with Crippen LogP contribution >= 0.6 is 0 Å². The fourth-order valence-electron chi connectivity index (χ4n) is 6.49. The van der Waals surface area contributed by atoms with E-state index in [2.05, 4.69) is 125 Å². The van der Waals surface area contributed by atoms with E-state index >= 15 is 0 Å². The molecule has 0 aliphatic rings. The highest BCUT2D eigenvalue weighted by Crippen LogP contribution is 2.36. The molecule has 0 amide bonds. The Kier molecular flexibility index (Phi) is 15.8. The predicted molar refractivity (Wildman–Crippen MR) is 223 cm³/mol. The zero-order valence-electron chi connectivity index (χ0n) is 32.2. The van der Waals surface area contributed by atoms with Gasteiger partial charge in [-0.15, -0.1) is 0 Å². The predicted octanol–water partition coefficient (Wildman–Crippen LogP) is 14.3. The molecule has 0 bridgehead atoms. The standard InChI is InChI=1S/2C24H30O2/c2*1-3-5-9-13-25-23-17-21-15-19-11-7-8-12-20(19)16-22(21)18-24(23)26-14-10-6-4-2/h2*7-8,11-12,15-18H,3-6,9-10,13-14H2,1-2H3. The molecule has 276 valence electrons. The monoisotopic (exact) mass is 700 g/mol. The Hall–Kier alpha value is -4.44. The smallest absolute Gasteiger partial charge is 0.161 e. The molecular weight excluding hydrogens is 641 g/mol. The Morgan fingerprint density at radius 3 is 0.731 bits per heavy atom. The molecule has 0 saturated carbocycles. The molecule has 0 spiro atoms. The van der Waals surface area contributed by atoms with Crippen LogP contribution in [0, 0.1) is 0 Å². The van der Waals surface area contributed by atoms with Gasteiger partial charge in [0.1, 0.15) is 0 Å². The molecule has 0 N–H and O–H groups in total. The first-order valence-electron chi connectivity index (χ1n) is 20.1. The van der Waals surface area contributed by atoms with Crippen molar-refractivity contribution in [1.82, 2.24) is 0 Å². The SMILES string of the molecule is CCCCCOc1cc2cc3ccccc3cc2cc1OCCCCC.CCCCCOc1cc2cc3ccccc3cc2cc1OCCCCC. The third-order valence-electron chi connectivity index (χ3n) is 9.56. The van der Waals surface area contributed by atoms with Crippen LogP contribution in [0.5, 0.6) is 23.0 Å². The zero-order chi connectivity index (χ0) is 36.4. The number of fused-ring (bicyclic) bond motifs is 4. The summed E-state index contributed by atoms with van der Waals surface area (Å²) in [5, 5.41) is 9.85. The van der Waals surface area contributed by atoms with E-state index in [-0.39, 0.29) is 0 Å². The van der Waals surface area contributed by atoms with E-state index in [0.717, 1.165) is 75.1 Å². The molecule has 0 saturated heterocycles. The van der Waals surface area contributed by atoms with E-state index in [0.29, 0.717) is 0 Å². The van der Waals surface area contributed by atoms with Crippen LogP contribution in [0.2, 0.25) is 0 Å². The van der Waals surface area contributed by atoms with E-state index in [4.69, 9.17) is 18.9 Å². The average molecular weight is 701 g/mol. The van der Waals surface area contributed by atoms with Gasteiger partial charge in [-0.25, -0.2) is 0 Å². The van der Waals surface area contributed by atoms with Crippen LogP contribution in [0.15, 0.2) is 97.1 Å². The highest BCUT2D eigenvalue weighted by atomic mass is 16.5. The molecule has 0 heterocycles. The number of ether oxygens (including phenoxy) is 4. The number of hydrogen-bond acceptors (Lipinski definition) is 4. The van der Waals surface area contributed by atoms with Crippen molar-refractivity contribution in [3.63, 3.8) is 0 Å². The van der Waals surface area contributed by atoms with E-state index in [1.54, 1.807) is 0 Å². The quantitative estimate of drug-likeness (QED) is 0.0587. The minimum Gasteiger partial charge on any atom is -0.490 e. The maximum Gasteiger partial charge on any atom is 0.161 e. The van der Waals surface area contributed by atoms with Crippen LogP contribution in [-0.4, -0.2) is 26.4 Å². The van der Waals surface area contributed by atoms with Crippen molar-refractivity contribution in [2.24, 2.45) is 0 Å². The van der Waals surface area contributed by atoms with Crippen molar-refractivity contribution in [2.45, 2.75) is 105 Å². The molecule has 0 aliphatic heterocycles. The summed E-state index contributed by atoms with van der Waals surface area (Å²) in [7, 11) is 0. The lowest BCUT2D eigenvalue weighted by molar-refractivity contribution is 0.260. The van der Waals surface area contributed by atoms with E-state index in [1.807, 2.05) is 0 Å². The summed E-state index contributed by atoms with van der Waals surface area (Å²) in [6, 6.07) is 34.5. The van der Waals surface area contributed by atoms with Gasteiger partial charge in [0.2, 0.25) is 0 Å². The lowest BCUT2D eigenvalue weighted by Crippen LogP contribution is -2.02. The van der Waals surface area contributed by atoms with Crippen molar-refractivity contribution < 1.29 is 18.9 Å². The summed E-state index contributed by atoms with van der Waals surface area (Å²) in [5.41, 5.74) is 0. The van der Waals surface area contributed by atoms with Gasteiger partial charge in [-0.2, -0.15) is 0 Å². The summed E-state index contributed by atoms with van der Waals surface area (Å²) in [4.78, 5) is 0. The number of hydrogen-bond donors (Lipinski definition) is 0. The Balaban J connectivity index is 0.000000201.